The van der Waals surface area contributed by atoms with E-state index < -0.39 is 0 Å². The van der Waals surface area contributed by atoms with Gasteiger partial charge in [0.25, 0.3) is 0 Å². The van der Waals surface area contributed by atoms with E-state index in [9.17, 15) is 4.79 Å². The number of benzene rings is 2. The van der Waals surface area contributed by atoms with Gasteiger partial charge in [-0.05, 0) is 61.9 Å². The number of amides is 1. The lowest BCUT2D eigenvalue weighted by atomic mass is 9.97. The first-order valence-corrected chi connectivity index (χ1v) is 8.94. The summed E-state index contributed by atoms with van der Waals surface area (Å²) in [5, 5.41) is 3.19. The standard InChI is InChI=1S/C22H29NO2/c1-6-20(19-10-7-15(2)13-16(19)3)23-22(24)12-9-18-8-11-21(25-5)17(4)14-18/h7-8,10-11,13-14,20H,6,9,12H2,1-5H3,(H,23,24)/t20-/m1/s1. The molecule has 0 aromatic heterocycles. The maximum atomic E-state index is 12.4. The minimum absolute atomic E-state index is 0.0747. The molecule has 0 aliphatic carbocycles. The number of carbonyl (C=O) groups excluding carboxylic acids is 1. The first-order valence-electron chi connectivity index (χ1n) is 8.94. The molecule has 0 unspecified atom stereocenters. The van der Waals surface area contributed by atoms with Gasteiger partial charge in [0.15, 0.2) is 0 Å². The summed E-state index contributed by atoms with van der Waals surface area (Å²) in [7, 11) is 1.67. The highest BCUT2D eigenvalue weighted by molar-refractivity contribution is 5.76. The second kappa shape index (κ2) is 8.70. The van der Waals surface area contributed by atoms with Crippen molar-refractivity contribution in [3.63, 3.8) is 0 Å². The van der Waals surface area contributed by atoms with Gasteiger partial charge in [-0.25, -0.2) is 0 Å². The van der Waals surface area contributed by atoms with E-state index in [0.29, 0.717) is 6.42 Å². The van der Waals surface area contributed by atoms with Crippen LogP contribution in [-0.4, -0.2) is 13.0 Å². The van der Waals surface area contributed by atoms with Crippen LogP contribution in [0.25, 0.3) is 0 Å². The van der Waals surface area contributed by atoms with Crippen molar-refractivity contribution in [2.24, 2.45) is 0 Å². The van der Waals surface area contributed by atoms with Gasteiger partial charge in [-0.1, -0.05) is 42.8 Å². The monoisotopic (exact) mass is 339 g/mol. The number of hydrogen-bond acceptors (Lipinski definition) is 2. The second-order valence-electron chi connectivity index (χ2n) is 6.69. The number of nitrogens with one attached hydrogen (secondary N) is 1. The van der Waals surface area contributed by atoms with Crippen molar-refractivity contribution < 1.29 is 9.53 Å². The third-order valence-electron chi connectivity index (χ3n) is 4.64. The second-order valence-corrected chi connectivity index (χ2v) is 6.69. The molecule has 2 aromatic rings. The van der Waals surface area contributed by atoms with Crippen LogP contribution in [0.15, 0.2) is 36.4 Å². The van der Waals surface area contributed by atoms with E-state index in [2.05, 4.69) is 50.4 Å². The lowest BCUT2D eigenvalue weighted by molar-refractivity contribution is -0.121. The molecule has 0 saturated carbocycles. The maximum Gasteiger partial charge on any atom is 0.220 e. The highest BCUT2D eigenvalue weighted by atomic mass is 16.5. The fraction of sp³-hybridized carbons (Fsp3) is 0.409. The number of carbonyl (C=O) groups is 1. The van der Waals surface area contributed by atoms with E-state index in [1.807, 2.05) is 19.1 Å². The van der Waals surface area contributed by atoms with Crippen molar-refractivity contribution in [3.8, 4) is 5.75 Å². The van der Waals surface area contributed by atoms with Crippen LogP contribution in [-0.2, 0) is 11.2 Å². The summed E-state index contributed by atoms with van der Waals surface area (Å²) >= 11 is 0. The van der Waals surface area contributed by atoms with Gasteiger partial charge in [0.1, 0.15) is 5.75 Å². The van der Waals surface area contributed by atoms with Gasteiger partial charge in [-0.15, -0.1) is 0 Å². The lowest BCUT2D eigenvalue weighted by Crippen LogP contribution is -2.28. The van der Waals surface area contributed by atoms with Crippen LogP contribution in [0.2, 0.25) is 0 Å². The zero-order chi connectivity index (χ0) is 18.4. The minimum atomic E-state index is 0.0747. The zero-order valence-corrected chi connectivity index (χ0v) is 16.0. The number of hydrogen-bond donors (Lipinski definition) is 1. The third-order valence-corrected chi connectivity index (χ3v) is 4.64. The van der Waals surface area contributed by atoms with E-state index in [4.69, 9.17) is 4.74 Å². The van der Waals surface area contributed by atoms with Crippen molar-refractivity contribution >= 4 is 5.91 Å². The molecule has 0 heterocycles. The molecule has 0 aliphatic rings. The average Bonchev–Trinajstić information content (AvgIpc) is 2.58. The molecule has 0 bridgehead atoms. The SMILES string of the molecule is CC[C@@H](NC(=O)CCc1ccc(OC)c(C)c1)c1ccc(C)cc1C. The Balaban J connectivity index is 1.97. The number of rotatable bonds is 7. The molecule has 0 radical (unpaired) electrons. The Kier molecular flexibility index (Phi) is 6.63. The molecule has 1 amide bonds. The molecule has 25 heavy (non-hydrogen) atoms. The van der Waals surface area contributed by atoms with Crippen LogP contribution in [0, 0.1) is 20.8 Å². The molecule has 0 aliphatic heterocycles. The Hall–Kier alpha value is -2.29. The van der Waals surface area contributed by atoms with Crippen molar-refractivity contribution in [3.05, 3.63) is 64.2 Å². The predicted molar refractivity (Wildman–Crippen MR) is 103 cm³/mol. The molecule has 3 heteroatoms. The van der Waals surface area contributed by atoms with Gasteiger partial charge < -0.3 is 10.1 Å². The lowest BCUT2D eigenvalue weighted by Gasteiger charge is -2.20. The number of ether oxygens (including phenoxy) is 1. The Morgan fingerprint density at radius 2 is 1.84 bits per heavy atom. The molecule has 134 valence electrons. The van der Waals surface area contributed by atoms with E-state index in [1.165, 1.54) is 16.7 Å². The Labute approximate surface area is 151 Å². The summed E-state index contributed by atoms with van der Waals surface area (Å²) in [4.78, 5) is 12.4. The first kappa shape index (κ1) is 19.0. The summed E-state index contributed by atoms with van der Waals surface area (Å²) < 4.78 is 5.28. The molecule has 0 saturated heterocycles. The fourth-order valence-corrected chi connectivity index (χ4v) is 3.24. The maximum absolute atomic E-state index is 12.4. The van der Waals surface area contributed by atoms with E-state index in [-0.39, 0.29) is 11.9 Å². The first-order chi connectivity index (χ1) is 11.9. The molecule has 0 spiro atoms. The van der Waals surface area contributed by atoms with Crippen molar-refractivity contribution in [2.45, 2.75) is 53.0 Å². The van der Waals surface area contributed by atoms with Gasteiger partial charge in [-0.3, -0.25) is 4.79 Å². The van der Waals surface area contributed by atoms with Crippen LogP contribution in [0.1, 0.15) is 53.6 Å². The zero-order valence-electron chi connectivity index (χ0n) is 16.0. The van der Waals surface area contributed by atoms with E-state index >= 15 is 0 Å². The molecule has 1 N–H and O–H groups in total. The van der Waals surface area contributed by atoms with E-state index in [1.54, 1.807) is 7.11 Å². The molecule has 2 aromatic carbocycles. The highest BCUT2D eigenvalue weighted by Crippen LogP contribution is 2.22. The van der Waals surface area contributed by atoms with Crippen molar-refractivity contribution in [1.82, 2.24) is 5.32 Å². The van der Waals surface area contributed by atoms with Gasteiger partial charge in [0.05, 0.1) is 13.2 Å². The molecule has 0 fully saturated rings. The summed E-state index contributed by atoms with van der Waals surface area (Å²) in [6.07, 6.45) is 2.12. The molecular formula is C22H29NO2. The van der Waals surface area contributed by atoms with Crippen LogP contribution in [0.3, 0.4) is 0 Å². The Morgan fingerprint density at radius 1 is 1.08 bits per heavy atom. The highest BCUT2D eigenvalue weighted by Gasteiger charge is 2.15. The number of aryl methyl sites for hydroxylation is 4. The minimum Gasteiger partial charge on any atom is -0.496 e. The molecule has 3 nitrogen and oxygen atoms in total. The Bertz CT molecular complexity index is 737. The summed E-state index contributed by atoms with van der Waals surface area (Å²) in [6, 6.07) is 12.6. The summed E-state index contributed by atoms with van der Waals surface area (Å²) in [5.41, 5.74) is 5.95. The molecular weight excluding hydrogens is 310 g/mol. The van der Waals surface area contributed by atoms with Crippen molar-refractivity contribution in [2.75, 3.05) is 7.11 Å². The van der Waals surface area contributed by atoms with Crippen LogP contribution in [0.5, 0.6) is 5.75 Å². The van der Waals surface area contributed by atoms with E-state index in [0.717, 1.165) is 29.7 Å². The molecule has 2 rings (SSSR count). The smallest absolute Gasteiger partial charge is 0.220 e. The van der Waals surface area contributed by atoms with Gasteiger partial charge in [0.2, 0.25) is 5.91 Å². The van der Waals surface area contributed by atoms with Gasteiger partial charge in [-0.2, -0.15) is 0 Å². The predicted octanol–water partition coefficient (Wildman–Crippen LogP) is 4.82. The summed E-state index contributed by atoms with van der Waals surface area (Å²) in [6.45, 7) is 8.33. The Morgan fingerprint density at radius 3 is 2.44 bits per heavy atom. The average molecular weight is 339 g/mol. The quantitative estimate of drug-likeness (QED) is 0.785. The molecule has 1 atom stereocenters. The largest absolute Gasteiger partial charge is 0.496 e. The van der Waals surface area contributed by atoms with Gasteiger partial charge >= 0.3 is 0 Å². The van der Waals surface area contributed by atoms with Crippen LogP contribution >= 0.6 is 0 Å². The summed E-state index contributed by atoms with van der Waals surface area (Å²) in [5.74, 6) is 0.981. The fourth-order valence-electron chi connectivity index (χ4n) is 3.24. The third kappa shape index (κ3) is 5.09. The van der Waals surface area contributed by atoms with Crippen molar-refractivity contribution in [1.29, 1.82) is 0 Å². The van der Waals surface area contributed by atoms with Gasteiger partial charge in [0, 0.05) is 6.42 Å². The van der Waals surface area contributed by atoms with Crippen LogP contribution in [0.4, 0.5) is 0 Å². The van der Waals surface area contributed by atoms with Crippen LogP contribution < -0.4 is 10.1 Å². The normalized spacial score (nSPS) is 11.9. The number of methoxy groups -OCH3 is 1. The topological polar surface area (TPSA) is 38.3 Å².